The van der Waals surface area contributed by atoms with Gasteiger partial charge in [0.05, 0.1) is 17.6 Å². The Bertz CT molecular complexity index is 451. The zero-order valence-corrected chi connectivity index (χ0v) is 10.9. The monoisotopic (exact) mass is 253 g/mol. The molecule has 0 aliphatic heterocycles. The van der Waals surface area contributed by atoms with Crippen LogP contribution in [0.15, 0.2) is 6.20 Å². The number of thiazole rings is 1. The minimum absolute atomic E-state index is 0.229. The smallest absolute Gasteiger partial charge is 0.408 e. The number of amides is 1. The maximum Gasteiger partial charge on any atom is 0.408 e. The van der Waals surface area contributed by atoms with Crippen molar-refractivity contribution in [1.29, 1.82) is 0 Å². The molecule has 0 aliphatic rings. The van der Waals surface area contributed by atoms with Gasteiger partial charge in [-0.15, -0.1) is 0 Å². The molecule has 3 N–H and O–H groups in total. The number of hydrogen-bond donors (Lipinski definition) is 2. The standard InChI is InChI=1S/C11H15N3O2S/c1-11(2,3)16-10(15)13-6-4-5-8-7-14-9(12)17-8/h7H,6H2,1-3H3,(H2,12,14)(H,13,15). The molecule has 1 amide bonds. The molecular formula is C11H15N3O2S. The molecule has 0 saturated carbocycles. The number of nitrogens with one attached hydrogen (secondary N) is 1. The second kappa shape index (κ2) is 5.55. The highest BCUT2D eigenvalue weighted by molar-refractivity contribution is 7.15. The minimum atomic E-state index is -0.496. The summed E-state index contributed by atoms with van der Waals surface area (Å²) in [7, 11) is 0. The van der Waals surface area contributed by atoms with E-state index < -0.39 is 11.7 Å². The molecule has 0 aliphatic carbocycles. The SMILES string of the molecule is CC(C)(C)OC(=O)NCC#Cc1cnc(N)s1. The molecule has 0 spiro atoms. The number of nitrogens with zero attached hydrogens (tertiary/aromatic N) is 1. The number of hydrogen-bond acceptors (Lipinski definition) is 5. The van der Waals surface area contributed by atoms with Crippen LogP contribution in [0.4, 0.5) is 9.93 Å². The van der Waals surface area contributed by atoms with E-state index in [0.29, 0.717) is 5.13 Å². The van der Waals surface area contributed by atoms with Crippen LogP contribution in [0.3, 0.4) is 0 Å². The Balaban J connectivity index is 2.33. The fraction of sp³-hybridized carbons (Fsp3) is 0.455. The summed E-state index contributed by atoms with van der Waals surface area (Å²) in [5.74, 6) is 5.62. The first-order valence-electron chi connectivity index (χ1n) is 5.04. The lowest BCUT2D eigenvalue weighted by atomic mass is 10.2. The van der Waals surface area contributed by atoms with Gasteiger partial charge in [0.1, 0.15) is 5.60 Å². The van der Waals surface area contributed by atoms with Crippen molar-refractivity contribution in [2.45, 2.75) is 26.4 Å². The number of anilines is 1. The van der Waals surface area contributed by atoms with Crippen LogP contribution in [0, 0.1) is 11.8 Å². The van der Waals surface area contributed by atoms with Crippen molar-refractivity contribution < 1.29 is 9.53 Å². The molecule has 1 rings (SSSR count). The maximum absolute atomic E-state index is 11.2. The number of carbonyl (C=O) groups excluding carboxylic acids is 1. The molecule has 1 aromatic heterocycles. The van der Waals surface area contributed by atoms with E-state index in [1.807, 2.05) is 0 Å². The summed E-state index contributed by atoms with van der Waals surface area (Å²) in [5, 5.41) is 3.02. The molecule has 5 nitrogen and oxygen atoms in total. The third-order valence-electron chi connectivity index (χ3n) is 1.46. The van der Waals surface area contributed by atoms with E-state index in [-0.39, 0.29) is 6.54 Å². The molecule has 92 valence electrons. The van der Waals surface area contributed by atoms with E-state index in [9.17, 15) is 4.79 Å². The van der Waals surface area contributed by atoms with Gasteiger partial charge >= 0.3 is 6.09 Å². The topological polar surface area (TPSA) is 77.2 Å². The highest BCUT2D eigenvalue weighted by Crippen LogP contribution is 2.12. The van der Waals surface area contributed by atoms with Crippen LogP contribution in [0.25, 0.3) is 0 Å². The number of carbonyl (C=O) groups is 1. The van der Waals surface area contributed by atoms with Crippen molar-refractivity contribution in [2.24, 2.45) is 0 Å². The maximum atomic E-state index is 11.2. The van der Waals surface area contributed by atoms with Crippen LogP contribution >= 0.6 is 11.3 Å². The summed E-state index contributed by atoms with van der Waals surface area (Å²) in [6.07, 6.45) is 1.12. The largest absolute Gasteiger partial charge is 0.444 e. The molecule has 6 heteroatoms. The predicted molar refractivity (Wildman–Crippen MR) is 67.6 cm³/mol. The molecule has 17 heavy (non-hydrogen) atoms. The lowest BCUT2D eigenvalue weighted by Crippen LogP contribution is -2.32. The Hall–Kier alpha value is -1.74. The van der Waals surface area contributed by atoms with Gasteiger partial charge < -0.3 is 15.8 Å². The van der Waals surface area contributed by atoms with Crippen LogP contribution in [-0.2, 0) is 4.74 Å². The normalized spacial score (nSPS) is 10.3. The van der Waals surface area contributed by atoms with Gasteiger partial charge in [0.2, 0.25) is 0 Å². The summed E-state index contributed by atoms with van der Waals surface area (Å²) in [6, 6.07) is 0. The van der Waals surface area contributed by atoms with Crippen LogP contribution in [0.2, 0.25) is 0 Å². The van der Waals surface area contributed by atoms with Gasteiger partial charge in [0.25, 0.3) is 0 Å². The molecule has 0 aromatic carbocycles. The molecule has 1 aromatic rings. The van der Waals surface area contributed by atoms with Crippen molar-refractivity contribution in [2.75, 3.05) is 12.3 Å². The lowest BCUT2D eigenvalue weighted by molar-refractivity contribution is 0.0535. The van der Waals surface area contributed by atoms with Gasteiger partial charge in [-0.25, -0.2) is 9.78 Å². The van der Waals surface area contributed by atoms with Gasteiger partial charge in [0, 0.05) is 0 Å². The number of nitrogens with two attached hydrogens (primary N) is 1. The zero-order chi connectivity index (χ0) is 12.9. The van der Waals surface area contributed by atoms with Crippen molar-refractivity contribution >= 4 is 22.6 Å². The number of rotatable bonds is 1. The quantitative estimate of drug-likeness (QED) is 0.745. The third kappa shape index (κ3) is 5.78. The fourth-order valence-electron chi connectivity index (χ4n) is 0.907. The summed E-state index contributed by atoms with van der Waals surface area (Å²) in [5.41, 5.74) is 4.95. The van der Waals surface area contributed by atoms with Crippen molar-refractivity contribution in [3.8, 4) is 11.8 Å². The highest BCUT2D eigenvalue weighted by Gasteiger charge is 2.14. The third-order valence-corrected chi connectivity index (χ3v) is 2.20. The molecular weight excluding hydrogens is 238 g/mol. The number of ether oxygens (including phenoxy) is 1. The molecule has 0 unspecified atom stereocenters. The Morgan fingerprint density at radius 2 is 2.35 bits per heavy atom. The average Bonchev–Trinajstić information content (AvgIpc) is 2.56. The Kier molecular flexibility index (Phi) is 4.35. The number of aromatic nitrogens is 1. The van der Waals surface area contributed by atoms with Gasteiger partial charge in [-0.05, 0) is 20.8 Å². The van der Waals surface area contributed by atoms with E-state index in [4.69, 9.17) is 10.5 Å². The summed E-state index contributed by atoms with van der Waals surface area (Å²) >= 11 is 1.31. The van der Waals surface area contributed by atoms with E-state index in [0.717, 1.165) is 4.88 Å². The summed E-state index contributed by atoms with van der Waals surface area (Å²) < 4.78 is 5.05. The van der Waals surface area contributed by atoms with E-state index >= 15 is 0 Å². The summed E-state index contributed by atoms with van der Waals surface area (Å²) in [6.45, 7) is 5.64. The van der Waals surface area contributed by atoms with E-state index in [1.54, 1.807) is 27.0 Å². The first-order chi connectivity index (χ1) is 7.87. The zero-order valence-electron chi connectivity index (χ0n) is 10.0. The van der Waals surface area contributed by atoms with Crippen molar-refractivity contribution in [1.82, 2.24) is 10.3 Å². The van der Waals surface area contributed by atoms with Crippen LogP contribution in [0.5, 0.6) is 0 Å². The Labute approximate surface area is 104 Å². The van der Waals surface area contributed by atoms with E-state index in [2.05, 4.69) is 22.1 Å². The van der Waals surface area contributed by atoms with Gasteiger partial charge in [-0.1, -0.05) is 23.2 Å². The van der Waals surface area contributed by atoms with Gasteiger partial charge in [-0.3, -0.25) is 0 Å². The molecule has 0 bridgehead atoms. The Morgan fingerprint density at radius 1 is 1.65 bits per heavy atom. The Morgan fingerprint density at radius 3 is 2.88 bits per heavy atom. The first-order valence-corrected chi connectivity index (χ1v) is 5.85. The van der Waals surface area contributed by atoms with Crippen LogP contribution in [-0.4, -0.2) is 23.2 Å². The van der Waals surface area contributed by atoms with Crippen molar-refractivity contribution in [3.63, 3.8) is 0 Å². The average molecular weight is 253 g/mol. The second-order valence-corrected chi connectivity index (χ2v) is 5.28. The molecule has 0 saturated heterocycles. The fourth-order valence-corrected chi connectivity index (χ4v) is 1.47. The van der Waals surface area contributed by atoms with Crippen LogP contribution < -0.4 is 11.1 Å². The molecule has 0 radical (unpaired) electrons. The number of alkyl carbamates (subject to hydrolysis) is 1. The second-order valence-electron chi connectivity index (χ2n) is 4.22. The molecule has 0 atom stereocenters. The molecule has 0 fully saturated rings. The minimum Gasteiger partial charge on any atom is -0.444 e. The van der Waals surface area contributed by atoms with Gasteiger partial charge in [-0.2, -0.15) is 0 Å². The van der Waals surface area contributed by atoms with Crippen LogP contribution in [0.1, 0.15) is 25.6 Å². The van der Waals surface area contributed by atoms with Crippen molar-refractivity contribution in [3.05, 3.63) is 11.1 Å². The summed E-state index contributed by atoms with van der Waals surface area (Å²) in [4.78, 5) is 15.9. The first kappa shape index (κ1) is 13.3. The predicted octanol–water partition coefficient (Wildman–Crippen LogP) is 1.60. The lowest BCUT2D eigenvalue weighted by Gasteiger charge is -2.18. The number of nitrogen functional groups attached to an aromatic ring is 1. The van der Waals surface area contributed by atoms with Gasteiger partial charge in [0.15, 0.2) is 5.13 Å². The highest BCUT2D eigenvalue weighted by atomic mass is 32.1. The molecule has 1 heterocycles. The van der Waals surface area contributed by atoms with E-state index in [1.165, 1.54) is 11.3 Å².